The fraction of sp³-hybridized carbons (Fsp3) is 0.107. The van der Waals surface area contributed by atoms with Gasteiger partial charge in [-0.2, -0.15) is 0 Å². The van der Waals surface area contributed by atoms with Crippen molar-refractivity contribution in [2.75, 3.05) is 16.0 Å². The van der Waals surface area contributed by atoms with Crippen molar-refractivity contribution >= 4 is 92.8 Å². The maximum atomic E-state index is 15.1. The summed E-state index contributed by atoms with van der Waals surface area (Å²) in [5.74, 6) is -6.25. The van der Waals surface area contributed by atoms with Gasteiger partial charge in [-0.25, -0.2) is 8.78 Å². The zero-order chi connectivity index (χ0) is 30.3. The first-order valence-electron chi connectivity index (χ1n) is 12.0. The lowest BCUT2D eigenvalue weighted by molar-refractivity contribution is -0.117. The van der Waals surface area contributed by atoms with Gasteiger partial charge in [0.25, 0.3) is 11.8 Å². The fourth-order valence-electron chi connectivity index (χ4n) is 4.31. The Morgan fingerprint density at radius 3 is 2.24 bits per heavy atom. The lowest BCUT2D eigenvalue weighted by Crippen LogP contribution is -2.19. The minimum atomic E-state index is -1.42. The molecule has 3 N–H and O–H groups in total. The highest BCUT2D eigenvalue weighted by molar-refractivity contribution is 6.53. The Morgan fingerprint density at radius 2 is 1.55 bits per heavy atom. The van der Waals surface area contributed by atoms with Gasteiger partial charge in [0.05, 0.1) is 38.5 Å². The van der Waals surface area contributed by atoms with Crippen LogP contribution in [0, 0.1) is 17.6 Å². The highest BCUT2D eigenvalue weighted by Crippen LogP contribution is 2.65. The van der Waals surface area contributed by atoms with Crippen molar-refractivity contribution in [1.82, 2.24) is 0 Å². The summed E-state index contributed by atoms with van der Waals surface area (Å²) >= 11 is 31.1. The number of nitrogens with one attached hydrogen (secondary N) is 3. The van der Waals surface area contributed by atoms with E-state index in [1.807, 2.05) is 0 Å². The van der Waals surface area contributed by atoms with Crippen LogP contribution in [-0.2, 0) is 4.79 Å². The van der Waals surface area contributed by atoms with Crippen LogP contribution in [0.25, 0.3) is 0 Å². The first kappa shape index (κ1) is 30.1. The summed E-state index contributed by atoms with van der Waals surface area (Å²) in [6.07, 6.45) is 1.22. The molecule has 0 bridgehead atoms. The lowest BCUT2D eigenvalue weighted by Gasteiger charge is -2.13. The predicted octanol–water partition coefficient (Wildman–Crippen LogP) is 8.55. The highest BCUT2D eigenvalue weighted by Gasteiger charge is 2.67. The zero-order valence-electron chi connectivity index (χ0n) is 20.8. The number of hydrogen-bond acceptors (Lipinski definition) is 4. The van der Waals surface area contributed by atoms with Crippen molar-refractivity contribution in [2.24, 2.45) is 5.92 Å². The van der Waals surface area contributed by atoms with Gasteiger partial charge >= 0.3 is 0 Å². The molecule has 2 atom stereocenters. The topological polar surface area (TPSA) is 100 Å². The van der Waals surface area contributed by atoms with Gasteiger partial charge in [-0.05, 0) is 60.2 Å². The summed E-state index contributed by atoms with van der Waals surface area (Å²) in [6.45, 7) is 0. The van der Waals surface area contributed by atoms with Crippen molar-refractivity contribution in [3.05, 3.63) is 111 Å². The van der Waals surface area contributed by atoms with Crippen molar-refractivity contribution < 1.29 is 27.6 Å². The second-order valence-electron chi connectivity index (χ2n) is 9.16. The van der Waals surface area contributed by atoms with Crippen LogP contribution in [0.2, 0.25) is 15.1 Å². The summed E-state index contributed by atoms with van der Waals surface area (Å²) in [4.78, 5) is 38.3. The number of alkyl halides is 2. The van der Waals surface area contributed by atoms with Crippen LogP contribution < -0.4 is 16.0 Å². The van der Waals surface area contributed by atoms with Gasteiger partial charge in [-0.1, -0.05) is 40.9 Å². The molecule has 1 aliphatic carbocycles. The average molecular weight is 674 g/mol. The van der Waals surface area contributed by atoms with E-state index < -0.39 is 56.9 Å². The number of carbonyl (C=O) groups excluding carboxylic acids is 3. The quantitative estimate of drug-likeness (QED) is 0.171. The van der Waals surface area contributed by atoms with Crippen molar-refractivity contribution in [3.63, 3.8) is 0 Å². The summed E-state index contributed by atoms with van der Waals surface area (Å²) in [5.41, 5.74) is -0.596. The average Bonchev–Trinajstić information content (AvgIpc) is 3.25. The molecule has 4 aromatic rings. The van der Waals surface area contributed by atoms with Crippen LogP contribution in [0.5, 0.6) is 0 Å². The molecular weight excluding hydrogens is 658 g/mol. The molecule has 1 heterocycles. The van der Waals surface area contributed by atoms with Gasteiger partial charge in [-0.15, -0.1) is 23.2 Å². The molecule has 0 spiro atoms. The summed E-state index contributed by atoms with van der Waals surface area (Å²) in [7, 11) is 0. The van der Waals surface area contributed by atoms with Gasteiger partial charge in [0, 0.05) is 11.6 Å². The summed E-state index contributed by atoms with van der Waals surface area (Å²) < 4.78 is 33.0. The normalized spacial score (nSPS) is 16.9. The second kappa shape index (κ2) is 11.7. The largest absolute Gasteiger partial charge is 0.459 e. The molecule has 1 aliphatic rings. The van der Waals surface area contributed by atoms with E-state index in [1.165, 1.54) is 36.6 Å². The van der Waals surface area contributed by atoms with Crippen LogP contribution in [0.1, 0.15) is 32.4 Å². The van der Waals surface area contributed by atoms with Crippen LogP contribution in [0.4, 0.5) is 25.8 Å². The molecule has 14 heteroatoms. The standard InChI is InChI=1S/C28H16Cl5F2N3O4/c29-15-6-4-13(36-27(41)22-21(28(22,32)33)12-3-5-16(30)17(31)10-12)11-14(15)25(39)37-19-8-7-18(34)24(23(19)35)38-26(40)20-2-1-9-42-20/h1-11,21-22H,(H,36,41)(H,37,39)(H,38,40)/t21-,22?/m0/s1. The van der Waals surface area contributed by atoms with Crippen LogP contribution in [0.15, 0.2) is 71.3 Å². The third-order valence-electron chi connectivity index (χ3n) is 6.44. The Labute approximate surface area is 262 Å². The van der Waals surface area contributed by atoms with E-state index in [4.69, 9.17) is 62.4 Å². The van der Waals surface area contributed by atoms with Crippen LogP contribution in [-0.4, -0.2) is 22.1 Å². The van der Waals surface area contributed by atoms with Crippen molar-refractivity contribution in [3.8, 4) is 0 Å². The number of furan rings is 1. The smallest absolute Gasteiger partial charge is 0.291 e. The van der Waals surface area contributed by atoms with E-state index in [2.05, 4.69) is 16.0 Å². The van der Waals surface area contributed by atoms with Crippen molar-refractivity contribution in [2.45, 2.75) is 10.3 Å². The van der Waals surface area contributed by atoms with E-state index in [1.54, 1.807) is 18.2 Å². The van der Waals surface area contributed by atoms with Gasteiger partial charge in [-0.3, -0.25) is 14.4 Å². The highest BCUT2D eigenvalue weighted by atomic mass is 35.5. The zero-order valence-corrected chi connectivity index (χ0v) is 24.6. The molecule has 0 aliphatic heterocycles. The Hall–Kier alpha value is -3.34. The molecule has 42 heavy (non-hydrogen) atoms. The Morgan fingerprint density at radius 1 is 0.810 bits per heavy atom. The Bertz CT molecular complexity index is 1730. The summed E-state index contributed by atoms with van der Waals surface area (Å²) in [6, 6.07) is 13.4. The molecule has 0 saturated heterocycles. The first-order valence-corrected chi connectivity index (χ1v) is 13.8. The third-order valence-corrected chi connectivity index (χ3v) is 8.45. The molecule has 5 rings (SSSR count). The van der Waals surface area contributed by atoms with E-state index in [0.717, 1.165) is 12.1 Å². The SMILES string of the molecule is O=C(Nc1c(F)ccc(NC(=O)c2cc(NC(=O)C3[C@H](c4ccc(Cl)c(Cl)c4)C3(Cl)Cl)ccc2Cl)c1F)c1ccco1. The molecule has 1 unspecified atom stereocenters. The van der Waals surface area contributed by atoms with Gasteiger partial charge in [0.1, 0.15) is 15.8 Å². The summed E-state index contributed by atoms with van der Waals surface area (Å²) in [5, 5.41) is 7.61. The minimum Gasteiger partial charge on any atom is -0.459 e. The Balaban J connectivity index is 1.32. The number of hydrogen-bond donors (Lipinski definition) is 3. The van der Waals surface area contributed by atoms with Gasteiger partial charge < -0.3 is 20.4 Å². The molecule has 0 radical (unpaired) electrons. The molecular formula is C28H16Cl5F2N3O4. The molecule has 3 aromatic carbocycles. The third kappa shape index (κ3) is 5.93. The van der Waals surface area contributed by atoms with Gasteiger partial charge in [0.15, 0.2) is 11.6 Å². The number of amides is 3. The fourth-order valence-corrected chi connectivity index (χ4v) is 5.64. The number of anilines is 3. The molecule has 216 valence electrons. The first-order chi connectivity index (χ1) is 19.9. The molecule has 1 aromatic heterocycles. The number of carbonyl (C=O) groups is 3. The maximum Gasteiger partial charge on any atom is 0.291 e. The van der Waals surface area contributed by atoms with Crippen molar-refractivity contribution in [1.29, 1.82) is 0 Å². The molecule has 1 fully saturated rings. The second-order valence-corrected chi connectivity index (χ2v) is 11.8. The number of benzene rings is 3. The molecule has 3 amide bonds. The van der Waals surface area contributed by atoms with Gasteiger partial charge in [0.2, 0.25) is 5.91 Å². The number of halogens is 7. The minimum absolute atomic E-state index is 0.0245. The van der Waals surface area contributed by atoms with E-state index >= 15 is 4.39 Å². The van der Waals surface area contributed by atoms with E-state index in [9.17, 15) is 18.8 Å². The van der Waals surface area contributed by atoms with Crippen LogP contribution in [0.3, 0.4) is 0 Å². The van der Waals surface area contributed by atoms with E-state index in [-0.39, 0.29) is 27.1 Å². The maximum absolute atomic E-state index is 15.1. The Kier molecular flexibility index (Phi) is 8.42. The molecule has 1 saturated carbocycles. The monoisotopic (exact) mass is 671 g/mol. The van der Waals surface area contributed by atoms with E-state index in [0.29, 0.717) is 10.6 Å². The predicted molar refractivity (Wildman–Crippen MR) is 158 cm³/mol. The lowest BCUT2D eigenvalue weighted by atomic mass is 10.1. The molecule has 7 nitrogen and oxygen atoms in total. The number of rotatable bonds is 7. The van der Waals surface area contributed by atoms with Crippen LogP contribution >= 0.6 is 58.0 Å².